The van der Waals surface area contributed by atoms with E-state index in [1.54, 1.807) is 13.2 Å². The van der Waals surface area contributed by atoms with Crippen molar-refractivity contribution in [3.63, 3.8) is 0 Å². The van der Waals surface area contributed by atoms with Crippen molar-refractivity contribution in [1.29, 1.82) is 0 Å². The molecule has 5 nitrogen and oxygen atoms in total. The number of rotatable bonds is 6. The van der Waals surface area contributed by atoms with E-state index in [9.17, 15) is 4.79 Å². The largest absolute Gasteiger partial charge is 0.497 e. The number of ether oxygens (including phenoxy) is 1. The third-order valence-electron chi connectivity index (χ3n) is 3.56. The van der Waals surface area contributed by atoms with Gasteiger partial charge in [0.05, 0.1) is 18.2 Å². The van der Waals surface area contributed by atoms with Crippen molar-refractivity contribution in [3.05, 3.63) is 35.5 Å². The molecule has 0 saturated heterocycles. The molecule has 2 N–H and O–H groups in total. The zero-order valence-corrected chi connectivity index (χ0v) is 13.2. The smallest absolute Gasteiger partial charge is 0.252 e. The van der Waals surface area contributed by atoms with E-state index in [2.05, 4.69) is 10.3 Å². The van der Waals surface area contributed by atoms with Crippen LogP contribution in [0.2, 0.25) is 0 Å². The Morgan fingerprint density at radius 1 is 1.41 bits per heavy atom. The van der Waals surface area contributed by atoms with E-state index in [4.69, 9.17) is 9.84 Å². The molecule has 118 valence electrons. The highest BCUT2D eigenvalue weighted by Crippen LogP contribution is 2.23. The minimum atomic E-state index is -0.130. The van der Waals surface area contributed by atoms with Gasteiger partial charge >= 0.3 is 0 Å². The number of aromatic nitrogens is 1. The molecule has 1 atom stereocenters. The SMILES string of the molecule is COc1ccc2nc(C)cc(C(=O)NC(C)CCCO)c2c1. The second-order valence-corrected chi connectivity index (χ2v) is 5.43. The lowest BCUT2D eigenvalue weighted by Gasteiger charge is -2.15. The number of nitrogens with zero attached hydrogens (tertiary/aromatic N) is 1. The first-order valence-corrected chi connectivity index (χ1v) is 7.42. The molecule has 1 amide bonds. The average molecular weight is 302 g/mol. The van der Waals surface area contributed by atoms with Crippen LogP contribution in [0, 0.1) is 6.92 Å². The number of aryl methyl sites for hydroxylation is 1. The van der Waals surface area contributed by atoms with E-state index < -0.39 is 0 Å². The van der Waals surface area contributed by atoms with E-state index in [1.165, 1.54) is 0 Å². The van der Waals surface area contributed by atoms with Crippen LogP contribution in [-0.2, 0) is 0 Å². The van der Waals surface area contributed by atoms with Gasteiger partial charge < -0.3 is 15.2 Å². The van der Waals surface area contributed by atoms with Crippen molar-refractivity contribution < 1.29 is 14.6 Å². The average Bonchev–Trinajstić information content (AvgIpc) is 2.51. The minimum Gasteiger partial charge on any atom is -0.497 e. The van der Waals surface area contributed by atoms with Crippen LogP contribution < -0.4 is 10.1 Å². The van der Waals surface area contributed by atoms with Gasteiger partial charge in [-0.15, -0.1) is 0 Å². The summed E-state index contributed by atoms with van der Waals surface area (Å²) >= 11 is 0. The van der Waals surface area contributed by atoms with Crippen LogP contribution >= 0.6 is 0 Å². The Hall–Kier alpha value is -2.14. The molecule has 1 aromatic heterocycles. The zero-order valence-electron chi connectivity index (χ0n) is 13.2. The van der Waals surface area contributed by atoms with Gasteiger partial charge in [-0.25, -0.2) is 0 Å². The van der Waals surface area contributed by atoms with Gasteiger partial charge in [0.1, 0.15) is 5.75 Å². The van der Waals surface area contributed by atoms with E-state index in [-0.39, 0.29) is 18.6 Å². The van der Waals surface area contributed by atoms with Crippen molar-refractivity contribution in [2.75, 3.05) is 13.7 Å². The Labute approximate surface area is 130 Å². The molecule has 0 bridgehead atoms. The van der Waals surface area contributed by atoms with E-state index >= 15 is 0 Å². The lowest BCUT2D eigenvalue weighted by atomic mass is 10.1. The number of hydrogen-bond acceptors (Lipinski definition) is 4. The van der Waals surface area contributed by atoms with Gasteiger partial charge in [-0.05, 0) is 51.0 Å². The summed E-state index contributed by atoms with van der Waals surface area (Å²) in [5.41, 5.74) is 2.16. The Morgan fingerprint density at radius 3 is 2.86 bits per heavy atom. The third-order valence-corrected chi connectivity index (χ3v) is 3.56. The highest BCUT2D eigenvalue weighted by atomic mass is 16.5. The predicted molar refractivity (Wildman–Crippen MR) is 86.3 cm³/mol. The predicted octanol–water partition coefficient (Wildman–Crippen LogP) is 2.44. The maximum Gasteiger partial charge on any atom is 0.252 e. The number of methoxy groups -OCH3 is 1. The number of carbonyl (C=O) groups excluding carboxylic acids is 1. The van der Waals surface area contributed by atoms with Gasteiger partial charge in [0, 0.05) is 23.7 Å². The molecule has 22 heavy (non-hydrogen) atoms. The summed E-state index contributed by atoms with van der Waals surface area (Å²) in [6.45, 7) is 3.94. The number of fused-ring (bicyclic) bond motifs is 1. The second kappa shape index (κ2) is 7.22. The highest BCUT2D eigenvalue weighted by Gasteiger charge is 2.15. The van der Waals surface area contributed by atoms with Crippen molar-refractivity contribution >= 4 is 16.8 Å². The molecule has 0 aliphatic heterocycles. The summed E-state index contributed by atoms with van der Waals surface area (Å²) in [4.78, 5) is 17.0. The van der Waals surface area contributed by atoms with Crippen LogP contribution in [0.3, 0.4) is 0 Å². The van der Waals surface area contributed by atoms with Gasteiger partial charge in [0.25, 0.3) is 5.91 Å². The van der Waals surface area contributed by atoms with Gasteiger partial charge in [0.2, 0.25) is 0 Å². The number of aliphatic hydroxyl groups is 1. The second-order valence-electron chi connectivity index (χ2n) is 5.43. The Bertz CT molecular complexity index is 670. The number of pyridine rings is 1. The molecular weight excluding hydrogens is 280 g/mol. The Morgan fingerprint density at radius 2 is 2.18 bits per heavy atom. The Balaban J connectivity index is 2.34. The van der Waals surface area contributed by atoms with Crippen molar-refractivity contribution in [2.45, 2.75) is 32.7 Å². The lowest BCUT2D eigenvalue weighted by Crippen LogP contribution is -2.32. The van der Waals surface area contributed by atoms with E-state index in [1.807, 2.05) is 32.0 Å². The first-order valence-electron chi connectivity index (χ1n) is 7.42. The normalized spacial score (nSPS) is 12.2. The van der Waals surface area contributed by atoms with Crippen molar-refractivity contribution in [1.82, 2.24) is 10.3 Å². The quantitative estimate of drug-likeness (QED) is 0.860. The highest BCUT2D eigenvalue weighted by molar-refractivity contribution is 6.06. The van der Waals surface area contributed by atoms with Gasteiger partial charge in [0.15, 0.2) is 0 Å². The third kappa shape index (κ3) is 3.74. The number of aliphatic hydroxyl groups excluding tert-OH is 1. The summed E-state index contributed by atoms with van der Waals surface area (Å²) in [6.07, 6.45) is 1.42. The fourth-order valence-corrected chi connectivity index (χ4v) is 2.42. The Kier molecular flexibility index (Phi) is 5.33. The maximum atomic E-state index is 12.5. The maximum absolute atomic E-state index is 12.5. The zero-order chi connectivity index (χ0) is 16.1. The first kappa shape index (κ1) is 16.2. The van der Waals surface area contributed by atoms with Crippen LogP contribution in [0.1, 0.15) is 35.8 Å². The molecule has 0 fully saturated rings. The van der Waals surface area contributed by atoms with E-state index in [0.29, 0.717) is 17.7 Å². The van der Waals surface area contributed by atoms with Crippen molar-refractivity contribution in [2.24, 2.45) is 0 Å². The van der Waals surface area contributed by atoms with Crippen LogP contribution in [0.4, 0.5) is 0 Å². The van der Waals surface area contributed by atoms with Crippen LogP contribution in [-0.4, -0.2) is 35.8 Å². The molecule has 1 aromatic carbocycles. The summed E-state index contributed by atoms with van der Waals surface area (Å²) < 4.78 is 5.23. The molecule has 0 aliphatic carbocycles. The first-order chi connectivity index (χ1) is 10.5. The minimum absolute atomic E-state index is 0.00813. The molecule has 5 heteroatoms. The molecule has 2 aromatic rings. The molecule has 1 unspecified atom stereocenters. The number of carbonyl (C=O) groups is 1. The van der Waals surface area contributed by atoms with Crippen molar-refractivity contribution in [3.8, 4) is 5.75 Å². The van der Waals surface area contributed by atoms with Gasteiger partial charge in [-0.2, -0.15) is 0 Å². The molecule has 0 radical (unpaired) electrons. The molecule has 0 saturated carbocycles. The number of amides is 1. The molecule has 0 aliphatic rings. The topological polar surface area (TPSA) is 71.5 Å². The van der Waals surface area contributed by atoms with Gasteiger partial charge in [-0.1, -0.05) is 0 Å². The number of benzene rings is 1. The number of nitrogens with one attached hydrogen (secondary N) is 1. The van der Waals surface area contributed by atoms with Crippen LogP contribution in [0.5, 0.6) is 5.75 Å². The number of hydrogen-bond donors (Lipinski definition) is 2. The lowest BCUT2D eigenvalue weighted by molar-refractivity contribution is 0.0938. The summed E-state index contributed by atoms with van der Waals surface area (Å²) in [7, 11) is 1.60. The van der Waals surface area contributed by atoms with Crippen LogP contribution in [0.25, 0.3) is 10.9 Å². The molecular formula is C17H22N2O3. The molecule has 0 spiro atoms. The molecule has 1 heterocycles. The van der Waals surface area contributed by atoms with Crippen LogP contribution in [0.15, 0.2) is 24.3 Å². The summed E-state index contributed by atoms with van der Waals surface area (Å²) in [5.74, 6) is 0.565. The van der Waals surface area contributed by atoms with Gasteiger partial charge in [-0.3, -0.25) is 9.78 Å². The fraction of sp³-hybridized carbons (Fsp3) is 0.412. The molecule has 2 rings (SSSR count). The fourth-order valence-electron chi connectivity index (χ4n) is 2.42. The summed E-state index contributed by atoms with van der Waals surface area (Å²) in [5, 5.41) is 12.6. The van der Waals surface area contributed by atoms with E-state index in [0.717, 1.165) is 23.0 Å². The standard InChI is InChI=1S/C17H22N2O3/c1-11(5-4-8-20)19-17(21)15-9-12(2)18-16-7-6-13(22-3)10-14(15)16/h6-7,9-11,20H,4-5,8H2,1-3H3,(H,19,21). The summed E-state index contributed by atoms with van der Waals surface area (Å²) in [6, 6.07) is 7.31. The monoisotopic (exact) mass is 302 g/mol.